The Morgan fingerprint density at radius 3 is 2.95 bits per heavy atom. The van der Waals surface area contributed by atoms with Crippen LogP contribution in [0.1, 0.15) is 24.8 Å². The van der Waals surface area contributed by atoms with Crippen LogP contribution < -0.4 is 4.90 Å². The molecule has 1 aliphatic heterocycles. The number of nitriles is 1. The van der Waals surface area contributed by atoms with Crippen molar-refractivity contribution in [3.63, 3.8) is 0 Å². The van der Waals surface area contributed by atoms with Crippen LogP contribution in [-0.2, 0) is 4.79 Å². The van der Waals surface area contributed by atoms with Crippen molar-refractivity contribution in [1.29, 1.82) is 5.26 Å². The molecule has 0 bridgehead atoms. The fourth-order valence-electron chi connectivity index (χ4n) is 2.61. The Bertz CT molecular complexity index is 594. The van der Waals surface area contributed by atoms with Crippen molar-refractivity contribution in [2.75, 3.05) is 11.4 Å². The molecule has 0 radical (unpaired) electrons. The largest absolute Gasteiger partial charge is 0.481 e. The predicted molar refractivity (Wildman–Crippen MR) is 70.4 cm³/mol. The van der Waals surface area contributed by atoms with E-state index in [2.05, 4.69) is 0 Å². The Labute approximate surface area is 115 Å². The van der Waals surface area contributed by atoms with Crippen LogP contribution in [0.2, 0.25) is 0 Å². The zero-order valence-corrected chi connectivity index (χ0v) is 10.7. The summed E-state index contributed by atoms with van der Waals surface area (Å²) in [5.74, 6) is -0.930. The maximum atomic E-state index is 11.2. The van der Waals surface area contributed by atoms with Gasteiger partial charge in [-0.3, -0.25) is 14.9 Å². The number of carboxylic acids is 1. The van der Waals surface area contributed by atoms with E-state index < -0.39 is 10.9 Å². The van der Waals surface area contributed by atoms with E-state index in [1.807, 2.05) is 6.07 Å². The summed E-state index contributed by atoms with van der Waals surface area (Å²) >= 11 is 0. The van der Waals surface area contributed by atoms with E-state index in [4.69, 9.17) is 10.4 Å². The molecule has 7 nitrogen and oxygen atoms in total. The first-order valence-corrected chi connectivity index (χ1v) is 6.20. The monoisotopic (exact) mass is 275 g/mol. The summed E-state index contributed by atoms with van der Waals surface area (Å²) in [6.07, 6.45) is 1.40. The number of hydrogen-bond donors (Lipinski definition) is 1. The molecule has 1 unspecified atom stereocenters. The van der Waals surface area contributed by atoms with Gasteiger partial charge in [0.1, 0.15) is 17.3 Å². The number of nitro groups is 1. The van der Waals surface area contributed by atoms with Gasteiger partial charge >= 0.3 is 11.7 Å². The molecular weight excluding hydrogens is 262 g/mol. The number of nitrogens with zero attached hydrogens (tertiary/aromatic N) is 3. The molecule has 0 spiro atoms. The number of nitro benzene ring substituents is 1. The van der Waals surface area contributed by atoms with E-state index in [1.165, 1.54) is 6.07 Å². The van der Waals surface area contributed by atoms with Gasteiger partial charge in [-0.25, -0.2) is 0 Å². The van der Waals surface area contributed by atoms with Gasteiger partial charge in [-0.15, -0.1) is 0 Å². The second-order valence-corrected chi connectivity index (χ2v) is 4.63. The van der Waals surface area contributed by atoms with Gasteiger partial charge in [0.05, 0.1) is 11.3 Å². The summed E-state index contributed by atoms with van der Waals surface area (Å²) in [4.78, 5) is 23.2. The summed E-state index contributed by atoms with van der Waals surface area (Å²) in [7, 11) is 0. The molecule has 1 N–H and O–H groups in total. The molecule has 1 aromatic carbocycles. The van der Waals surface area contributed by atoms with Crippen molar-refractivity contribution >= 4 is 17.3 Å². The molecule has 0 aromatic heterocycles. The summed E-state index contributed by atoms with van der Waals surface area (Å²) in [6.45, 7) is 0.563. The van der Waals surface area contributed by atoms with Crippen LogP contribution in [0.4, 0.5) is 11.4 Å². The fourth-order valence-corrected chi connectivity index (χ4v) is 2.61. The topological polar surface area (TPSA) is 107 Å². The van der Waals surface area contributed by atoms with E-state index in [-0.39, 0.29) is 23.7 Å². The lowest BCUT2D eigenvalue weighted by atomic mass is 10.1. The van der Waals surface area contributed by atoms with Crippen LogP contribution in [0.25, 0.3) is 0 Å². The van der Waals surface area contributed by atoms with Gasteiger partial charge in [-0.1, -0.05) is 6.07 Å². The fraction of sp³-hybridized carbons (Fsp3) is 0.385. The van der Waals surface area contributed by atoms with Crippen molar-refractivity contribution in [3.05, 3.63) is 33.9 Å². The Hall–Kier alpha value is -2.62. The smallest absolute Gasteiger partial charge is 0.310 e. The maximum Gasteiger partial charge on any atom is 0.310 e. The highest BCUT2D eigenvalue weighted by Crippen LogP contribution is 2.36. The van der Waals surface area contributed by atoms with Crippen LogP contribution in [0.3, 0.4) is 0 Å². The zero-order valence-electron chi connectivity index (χ0n) is 10.7. The number of benzene rings is 1. The average molecular weight is 275 g/mol. The van der Waals surface area contributed by atoms with Crippen molar-refractivity contribution in [1.82, 2.24) is 0 Å². The highest BCUT2D eigenvalue weighted by atomic mass is 16.6. The predicted octanol–water partition coefficient (Wildman–Crippen LogP) is 1.91. The van der Waals surface area contributed by atoms with E-state index >= 15 is 0 Å². The summed E-state index contributed by atoms with van der Waals surface area (Å²) in [5, 5.41) is 29.1. The summed E-state index contributed by atoms with van der Waals surface area (Å²) in [6, 6.07) is 6.09. The Kier molecular flexibility index (Phi) is 3.84. The Balaban J connectivity index is 2.44. The van der Waals surface area contributed by atoms with Gasteiger partial charge in [-0.2, -0.15) is 5.26 Å². The van der Waals surface area contributed by atoms with Gasteiger partial charge in [0.2, 0.25) is 0 Å². The number of carboxylic acid groups (broad SMARTS) is 1. The van der Waals surface area contributed by atoms with Gasteiger partial charge in [0.25, 0.3) is 0 Å². The van der Waals surface area contributed by atoms with Gasteiger partial charge in [0.15, 0.2) is 0 Å². The lowest BCUT2D eigenvalue weighted by Gasteiger charge is -2.25. The van der Waals surface area contributed by atoms with Gasteiger partial charge in [-0.05, 0) is 25.0 Å². The normalized spacial score (nSPS) is 17.8. The van der Waals surface area contributed by atoms with Crippen LogP contribution in [0.15, 0.2) is 18.2 Å². The molecule has 1 saturated heterocycles. The van der Waals surface area contributed by atoms with Crippen molar-refractivity contribution in [2.45, 2.75) is 25.3 Å². The molecule has 1 atom stereocenters. The minimum absolute atomic E-state index is 0.00604. The first kappa shape index (κ1) is 13.8. The van der Waals surface area contributed by atoms with E-state index in [0.29, 0.717) is 18.7 Å². The van der Waals surface area contributed by atoms with E-state index in [9.17, 15) is 14.9 Å². The van der Waals surface area contributed by atoms with Gasteiger partial charge in [0, 0.05) is 12.6 Å². The molecule has 0 saturated carbocycles. The quantitative estimate of drug-likeness (QED) is 0.664. The zero-order chi connectivity index (χ0) is 14.7. The summed E-state index contributed by atoms with van der Waals surface area (Å²) in [5.41, 5.74) is 0.0820. The molecule has 1 aromatic rings. The molecule has 1 fully saturated rings. The van der Waals surface area contributed by atoms with Crippen LogP contribution in [0, 0.1) is 21.4 Å². The van der Waals surface area contributed by atoms with Crippen molar-refractivity contribution in [3.8, 4) is 6.07 Å². The number of hydrogen-bond acceptors (Lipinski definition) is 5. The first-order chi connectivity index (χ1) is 9.54. The van der Waals surface area contributed by atoms with Crippen molar-refractivity contribution < 1.29 is 14.8 Å². The molecule has 2 rings (SSSR count). The third kappa shape index (κ3) is 2.54. The highest BCUT2D eigenvalue weighted by molar-refractivity contribution is 5.73. The second-order valence-electron chi connectivity index (χ2n) is 4.63. The second kappa shape index (κ2) is 5.57. The lowest BCUT2D eigenvalue weighted by molar-refractivity contribution is -0.384. The number of aliphatic carboxylic acids is 1. The molecule has 0 amide bonds. The molecular formula is C13H13N3O4. The van der Waals surface area contributed by atoms with Crippen LogP contribution >= 0.6 is 0 Å². The maximum absolute atomic E-state index is 11.2. The molecule has 104 valence electrons. The minimum atomic E-state index is -0.930. The number of anilines is 1. The van der Waals surface area contributed by atoms with Crippen LogP contribution in [-0.4, -0.2) is 28.6 Å². The first-order valence-electron chi connectivity index (χ1n) is 6.20. The Morgan fingerprint density at radius 1 is 1.60 bits per heavy atom. The van der Waals surface area contributed by atoms with Crippen molar-refractivity contribution in [2.24, 2.45) is 0 Å². The number of carbonyl (C=O) groups is 1. The molecule has 1 heterocycles. The number of para-hydroxylation sites is 1. The summed E-state index contributed by atoms with van der Waals surface area (Å²) < 4.78 is 0. The molecule has 0 aliphatic carbocycles. The molecule has 20 heavy (non-hydrogen) atoms. The highest BCUT2D eigenvalue weighted by Gasteiger charge is 2.32. The average Bonchev–Trinajstić information content (AvgIpc) is 2.84. The SMILES string of the molecule is N#Cc1cccc(N2CCCC2CC(=O)O)c1[N+](=O)[O-]. The lowest BCUT2D eigenvalue weighted by Crippen LogP contribution is -2.31. The number of rotatable bonds is 4. The third-order valence-electron chi connectivity index (χ3n) is 3.41. The Morgan fingerprint density at radius 2 is 2.35 bits per heavy atom. The van der Waals surface area contributed by atoms with Gasteiger partial charge < -0.3 is 10.0 Å². The standard InChI is InChI=1S/C13H13N3O4/c14-8-9-3-1-5-11(13(9)16(19)20)15-6-2-4-10(15)7-12(17)18/h1,3,5,10H,2,4,6-7H2,(H,17,18). The third-order valence-corrected chi connectivity index (χ3v) is 3.41. The molecule has 7 heteroatoms. The molecule has 1 aliphatic rings. The van der Waals surface area contributed by atoms with E-state index in [1.54, 1.807) is 17.0 Å². The van der Waals surface area contributed by atoms with E-state index in [0.717, 1.165) is 6.42 Å². The minimum Gasteiger partial charge on any atom is -0.481 e. The van der Waals surface area contributed by atoms with Crippen LogP contribution in [0.5, 0.6) is 0 Å².